The van der Waals surface area contributed by atoms with Gasteiger partial charge in [-0.15, -0.1) is 0 Å². The van der Waals surface area contributed by atoms with E-state index >= 15 is 0 Å². The predicted octanol–water partition coefficient (Wildman–Crippen LogP) is 1.64. The van der Waals surface area contributed by atoms with Crippen molar-refractivity contribution in [2.75, 3.05) is 0 Å². The van der Waals surface area contributed by atoms with Gasteiger partial charge in [0, 0.05) is 25.4 Å². The van der Waals surface area contributed by atoms with E-state index < -0.39 is 0 Å². The topological polar surface area (TPSA) is 69.9 Å². The second-order valence-corrected chi connectivity index (χ2v) is 3.86. The van der Waals surface area contributed by atoms with Gasteiger partial charge in [-0.3, -0.25) is 0 Å². The molecule has 2 N–H and O–H groups in total. The summed E-state index contributed by atoms with van der Waals surface area (Å²) in [5.74, 6) is 1.28. The van der Waals surface area contributed by atoms with Gasteiger partial charge < -0.3 is 14.8 Å². The number of aryl methyl sites for hydroxylation is 1. The van der Waals surface area contributed by atoms with E-state index in [0.29, 0.717) is 18.3 Å². The van der Waals surface area contributed by atoms with Crippen LogP contribution in [0.1, 0.15) is 36.7 Å². The molecule has 86 valence electrons. The van der Waals surface area contributed by atoms with Crippen molar-refractivity contribution in [2.24, 2.45) is 5.73 Å². The zero-order valence-electron chi connectivity index (χ0n) is 9.55. The van der Waals surface area contributed by atoms with Crippen LogP contribution in [-0.2, 0) is 6.54 Å². The Labute approximate surface area is 94.3 Å². The molecule has 0 spiro atoms. The molecule has 0 radical (unpaired) electrons. The molecular formula is C11H16N4O. The summed E-state index contributed by atoms with van der Waals surface area (Å²) in [6, 6.07) is 2.13. The van der Waals surface area contributed by atoms with Crippen LogP contribution in [0.2, 0.25) is 0 Å². The zero-order valence-corrected chi connectivity index (χ0v) is 9.55. The third-order valence-corrected chi connectivity index (χ3v) is 2.53. The first-order valence-corrected chi connectivity index (χ1v) is 5.39. The van der Waals surface area contributed by atoms with Gasteiger partial charge in [0.1, 0.15) is 0 Å². The van der Waals surface area contributed by atoms with Gasteiger partial charge in [0.25, 0.3) is 0 Å². The molecule has 2 heterocycles. The van der Waals surface area contributed by atoms with E-state index in [4.69, 9.17) is 10.3 Å². The summed E-state index contributed by atoms with van der Waals surface area (Å²) in [5, 5.41) is 3.85. The second kappa shape index (κ2) is 4.49. The molecule has 0 bridgehead atoms. The molecule has 2 aromatic rings. The third-order valence-electron chi connectivity index (χ3n) is 2.53. The largest absolute Gasteiger partial charge is 0.346 e. The number of aromatic nitrogens is 3. The predicted molar refractivity (Wildman–Crippen MR) is 59.8 cm³/mol. The summed E-state index contributed by atoms with van der Waals surface area (Å²) in [5.41, 5.74) is 7.08. The molecule has 0 fully saturated rings. The quantitative estimate of drug-likeness (QED) is 0.850. The smallest absolute Gasteiger partial charge is 0.223 e. The van der Waals surface area contributed by atoms with Crippen LogP contribution in [-0.4, -0.2) is 14.7 Å². The summed E-state index contributed by atoms with van der Waals surface area (Å²) in [7, 11) is 0. The average Bonchev–Trinajstić information content (AvgIpc) is 2.87. The highest BCUT2D eigenvalue weighted by Gasteiger charge is 2.07. The lowest BCUT2D eigenvalue weighted by atomic mass is 10.1. The lowest BCUT2D eigenvalue weighted by molar-refractivity contribution is 0.386. The molecule has 2 aromatic heterocycles. The maximum atomic E-state index is 5.94. The highest BCUT2D eigenvalue weighted by molar-refractivity contribution is 5.15. The van der Waals surface area contributed by atoms with Crippen molar-refractivity contribution in [1.29, 1.82) is 0 Å². The van der Waals surface area contributed by atoms with E-state index in [-0.39, 0.29) is 6.04 Å². The van der Waals surface area contributed by atoms with Crippen molar-refractivity contribution < 1.29 is 4.52 Å². The lowest BCUT2D eigenvalue weighted by Crippen LogP contribution is -2.07. The van der Waals surface area contributed by atoms with Gasteiger partial charge >= 0.3 is 0 Å². The molecule has 0 aliphatic rings. The van der Waals surface area contributed by atoms with Crippen molar-refractivity contribution in [3.63, 3.8) is 0 Å². The van der Waals surface area contributed by atoms with Crippen LogP contribution in [0.25, 0.3) is 0 Å². The van der Waals surface area contributed by atoms with Crippen molar-refractivity contribution in [3.05, 3.63) is 35.7 Å². The molecule has 0 aliphatic heterocycles. The van der Waals surface area contributed by atoms with E-state index in [1.165, 1.54) is 0 Å². The number of hydrogen-bond donors (Lipinski definition) is 1. The highest BCUT2D eigenvalue weighted by Crippen LogP contribution is 2.14. The molecule has 5 heteroatoms. The molecular weight excluding hydrogens is 204 g/mol. The highest BCUT2D eigenvalue weighted by atomic mass is 16.5. The Morgan fingerprint density at radius 1 is 1.56 bits per heavy atom. The van der Waals surface area contributed by atoms with E-state index in [9.17, 15) is 0 Å². The number of rotatable bonds is 4. The standard InChI is InChI=1S/C11H16N4O/c1-3-10(12)9-4-5-15(6-9)7-11-13-8(2)16-14-11/h4-6,10H,3,7,12H2,1-2H3. The summed E-state index contributed by atoms with van der Waals surface area (Å²) >= 11 is 0. The molecule has 16 heavy (non-hydrogen) atoms. The number of nitrogens with two attached hydrogens (primary N) is 1. The number of nitrogens with zero attached hydrogens (tertiary/aromatic N) is 3. The van der Waals surface area contributed by atoms with Crippen LogP contribution < -0.4 is 5.73 Å². The molecule has 0 aliphatic carbocycles. The monoisotopic (exact) mass is 220 g/mol. The third kappa shape index (κ3) is 2.30. The Bertz CT molecular complexity index is 460. The zero-order chi connectivity index (χ0) is 11.5. The molecule has 1 atom stereocenters. The molecule has 1 unspecified atom stereocenters. The van der Waals surface area contributed by atoms with Crippen molar-refractivity contribution in [2.45, 2.75) is 32.9 Å². The molecule has 5 nitrogen and oxygen atoms in total. The van der Waals surface area contributed by atoms with Crippen LogP contribution >= 0.6 is 0 Å². The minimum Gasteiger partial charge on any atom is -0.346 e. The van der Waals surface area contributed by atoms with E-state index in [2.05, 4.69) is 17.1 Å². The van der Waals surface area contributed by atoms with Gasteiger partial charge in [-0.05, 0) is 18.1 Å². The van der Waals surface area contributed by atoms with Gasteiger partial charge in [0.2, 0.25) is 5.89 Å². The van der Waals surface area contributed by atoms with Gasteiger partial charge in [-0.25, -0.2) is 0 Å². The van der Waals surface area contributed by atoms with E-state index in [1.807, 2.05) is 23.0 Å². The van der Waals surface area contributed by atoms with Crippen LogP contribution in [0.5, 0.6) is 0 Å². The Morgan fingerprint density at radius 3 is 3.00 bits per heavy atom. The normalized spacial score (nSPS) is 12.9. The van der Waals surface area contributed by atoms with Crippen LogP contribution in [0, 0.1) is 6.92 Å². The fourth-order valence-corrected chi connectivity index (χ4v) is 1.58. The lowest BCUT2D eigenvalue weighted by Gasteiger charge is -2.04. The van der Waals surface area contributed by atoms with E-state index in [1.54, 1.807) is 6.92 Å². The van der Waals surface area contributed by atoms with Gasteiger partial charge in [-0.2, -0.15) is 4.98 Å². The van der Waals surface area contributed by atoms with Gasteiger partial charge in [-0.1, -0.05) is 12.1 Å². The van der Waals surface area contributed by atoms with Crippen molar-refractivity contribution in [3.8, 4) is 0 Å². The Morgan fingerprint density at radius 2 is 2.38 bits per heavy atom. The fourth-order valence-electron chi connectivity index (χ4n) is 1.58. The molecule has 0 saturated carbocycles. The van der Waals surface area contributed by atoms with Crippen LogP contribution in [0.15, 0.2) is 23.0 Å². The van der Waals surface area contributed by atoms with E-state index in [0.717, 1.165) is 12.0 Å². The minimum absolute atomic E-state index is 0.105. The molecule has 0 saturated heterocycles. The maximum Gasteiger partial charge on any atom is 0.223 e. The minimum atomic E-state index is 0.105. The van der Waals surface area contributed by atoms with Gasteiger partial charge in [0.05, 0.1) is 6.54 Å². The molecule has 2 rings (SSSR count). The van der Waals surface area contributed by atoms with Crippen LogP contribution in [0.3, 0.4) is 0 Å². The molecule has 0 amide bonds. The number of hydrogen-bond acceptors (Lipinski definition) is 4. The summed E-state index contributed by atoms with van der Waals surface area (Å²) in [6.45, 7) is 4.48. The summed E-state index contributed by atoms with van der Waals surface area (Å²) < 4.78 is 6.92. The Kier molecular flexibility index (Phi) is 3.05. The maximum absolute atomic E-state index is 5.94. The first-order valence-electron chi connectivity index (χ1n) is 5.39. The Hall–Kier alpha value is -1.62. The summed E-state index contributed by atoms with van der Waals surface area (Å²) in [6.07, 6.45) is 4.95. The molecule has 0 aromatic carbocycles. The second-order valence-electron chi connectivity index (χ2n) is 3.86. The summed E-state index contributed by atoms with van der Waals surface area (Å²) in [4.78, 5) is 4.15. The first kappa shape index (κ1) is 10.9. The Balaban J connectivity index is 2.08. The van der Waals surface area contributed by atoms with Crippen molar-refractivity contribution in [1.82, 2.24) is 14.7 Å². The average molecular weight is 220 g/mol. The first-order chi connectivity index (χ1) is 7.69. The SMILES string of the molecule is CCC(N)c1ccn(Cc2noc(C)n2)c1. The van der Waals surface area contributed by atoms with Crippen LogP contribution in [0.4, 0.5) is 0 Å². The van der Waals surface area contributed by atoms with Crippen molar-refractivity contribution >= 4 is 0 Å². The fraction of sp³-hybridized carbons (Fsp3) is 0.455. The van der Waals surface area contributed by atoms with Gasteiger partial charge in [0.15, 0.2) is 5.82 Å².